The van der Waals surface area contributed by atoms with Gasteiger partial charge in [-0.1, -0.05) is 20.1 Å². The van der Waals surface area contributed by atoms with Crippen molar-refractivity contribution in [3.63, 3.8) is 0 Å². The van der Waals surface area contributed by atoms with Crippen molar-refractivity contribution in [1.29, 1.82) is 0 Å². The summed E-state index contributed by atoms with van der Waals surface area (Å²) in [6, 6.07) is 0. The van der Waals surface area contributed by atoms with E-state index in [1.807, 2.05) is 0 Å². The van der Waals surface area contributed by atoms with E-state index in [4.69, 9.17) is 5.73 Å². The van der Waals surface area contributed by atoms with Crippen LogP contribution in [-0.4, -0.2) is 13.2 Å². The Morgan fingerprint density at radius 1 is 1.67 bits per heavy atom. The van der Waals surface area contributed by atoms with Gasteiger partial charge in [-0.25, -0.2) is 0 Å². The minimum atomic E-state index is 0.713. The second-order valence-electron chi connectivity index (χ2n) is 1.75. The van der Waals surface area contributed by atoms with E-state index in [0.717, 1.165) is 6.44 Å². The molecule has 0 atom stereocenters. The molecule has 0 saturated heterocycles. The highest BCUT2D eigenvalue weighted by Crippen LogP contribution is 1.83. The quantitative estimate of drug-likeness (QED) is 0.489. The molecule has 0 radical (unpaired) electrons. The maximum atomic E-state index is 5.28. The van der Waals surface area contributed by atoms with Gasteiger partial charge in [0, 0.05) is 0 Å². The Hall–Kier alpha value is 0.0249. The Labute approximate surface area is 40.0 Å². The zero-order valence-corrected chi connectivity index (χ0v) is 4.57. The Balaban J connectivity index is 2.75. The molecule has 0 aliphatic rings. The van der Waals surface area contributed by atoms with E-state index in [2.05, 4.69) is 13.7 Å². The number of rotatable bonds is 2. The van der Waals surface area contributed by atoms with Gasteiger partial charge in [-0.3, -0.25) is 0 Å². The van der Waals surface area contributed by atoms with Crippen molar-refractivity contribution in [1.82, 2.24) is 0 Å². The van der Waals surface area contributed by atoms with Gasteiger partial charge >= 0.3 is 0 Å². The van der Waals surface area contributed by atoms with Crippen molar-refractivity contribution in [2.45, 2.75) is 20.1 Å². The second kappa shape index (κ2) is 3.22. The highest BCUT2D eigenvalue weighted by molar-refractivity contribution is 6.57. The minimum Gasteiger partial charge on any atom is -0.338 e. The predicted octanol–water partition coefficient (Wildman–Crippen LogP) is 0.629. The lowest BCUT2D eigenvalue weighted by atomic mass is 9.50. The lowest BCUT2D eigenvalue weighted by Crippen LogP contribution is -2.19. The van der Waals surface area contributed by atoms with E-state index in [1.165, 1.54) is 6.32 Å². The van der Waals surface area contributed by atoms with Crippen LogP contribution in [0, 0.1) is 0 Å². The molecule has 0 spiro atoms. The van der Waals surface area contributed by atoms with Crippen molar-refractivity contribution in [2.24, 2.45) is 5.73 Å². The summed E-state index contributed by atoms with van der Waals surface area (Å²) in [5.41, 5.74) is 5.28. The molecule has 0 aromatic carbocycles. The van der Waals surface area contributed by atoms with Gasteiger partial charge in [-0.05, 0) is 6.44 Å². The van der Waals surface area contributed by atoms with Crippen molar-refractivity contribution >= 4 is 6.71 Å². The molecule has 2 heteroatoms. The number of nitrogens with two attached hydrogens (primary N) is 1. The van der Waals surface area contributed by atoms with Crippen LogP contribution in [0.4, 0.5) is 0 Å². The van der Waals surface area contributed by atoms with Gasteiger partial charge in [0.1, 0.15) is 0 Å². The Morgan fingerprint density at radius 2 is 2.17 bits per heavy atom. The van der Waals surface area contributed by atoms with E-state index < -0.39 is 0 Å². The van der Waals surface area contributed by atoms with Crippen LogP contribution in [0.25, 0.3) is 0 Å². The van der Waals surface area contributed by atoms with Crippen LogP contribution >= 0.6 is 0 Å². The lowest BCUT2D eigenvalue weighted by Gasteiger charge is -1.93. The van der Waals surface area contributed by atoms with Gasteiger partial charge in [0.05, 0.1) is 0 Å². The third-order valence-electron chi connectivity index (χ3n) is 1.10. The predicted molar refractivity (Wildman–Crippen MR) is 31.2 cm³/mol. The van der Waals surface area contributed by atoms with Crippen LogP contribution in [0.5, 0.6) is 0 Å². The number of hydrogen-bond donors (Lipinski definition) is 1. The summed E-state index contributed by atoms with van der Waals surface area (Å²) < 4.78 is 0. The van der Waals surface area contributed by atoms with Crippen LogP contribution in [0.1, 0.15) is 6.92 Å². The summed E-state index contributed by atoms with van der Waals surface area (Å²) in [5, 5.41) is 0. The van der Waals surface area contributed by atoms with Crippen molar-refractivity contribution in [3.8, 4) is 0 Å². The minimum absolute atomic E-state index is 0.713. The average Bonchev–Trinajstić information content (AvgIpc) is 1.65. The largest absolute Gasteiger partial charge is 0.338 e. The zero-order valence-electron chi connectivity index (χ0n) is 4.57. The molecule has 6 heavy (non-hydrogen) atoms. The molecule has 0 aliphatic heterocycles. The van der Waals surface area contributed by atoms with Gasteiger partial charge in [0.15, 0.2) is 6.71 Å². The summed E-state index contributed by atoms with van der Waals surface area (Å²) in [6.45, 7) is 5.02. The van der Waals surface area contributed by atoms with Crippen molar-refractivity contribution in [3.05, 3.63) is 0 Å². The topological polar surface area (TPSA) is 26.0 Å². The summed E-state index contributed by atoms with van der Waals surface area (Å²) >= 11 is 0. The van der Waals surface area contributed by atoms with E-state index >= 15 is 0 Å². The lowest BCUT2D eigenvalue weighted by molar-refractivity contribution is 1.27. The third-order valence-corrected chi connectivity index (χ3v) is 1.10. The Kier molecular flexibility index (Phi) is 3.24. The smallest absolute Gasteiger partial charge is 0.152 e. The fourth-order valence-electron chi connectivity index (χ4n) is 0.167. The SMILES string of the molecule is CCB(C)CN. The monoisotopic (exact) mass is 85.1 g/mol. The molecule has 36 valence electrons. The van der Waals surface area contributed by atoms with Crippen molar-refractivity contribution < 1.29 is 0 Å². The summed E-state index contributed by atoms with van der Waals surface area (Å²) in [5.74, 6) is 0. The van der Waals surface area contributed by atoms with Gasteiger partial charge in [-0.15, -0.1) is 0 Å². The normalized spacial score (nSPS) is 8.50. The van der Waals surface area contributed by atoms with Gasteiger partial charge in [0.2, 0.25) is 0 Å². The summed E-state index contributed by atoms with van der Waals surface area (Å²) in [4.78, 5) is 0. The molecule has 0 fully saturated rings. The van der Waals surface area contributed by atoms with E-state index in [-0.39, 0.29) is 0 Å². The number of hydrogen-bond acceptors (Lipinski definition) is 1. The molecule has 0 aromatic rings. The first-order valence-corrected chi connectivity index (χ1v) is 2.51. The van der Waals surface area contributed by atoms with Crippen LogP contribution in [-0.2, 0) is 0 Å². The van der Waals surface area contributed by atoms with E-state index in [1.54, 1.807) is 0 Å². The molecule has 0 bridgehead atoms. The first-order valence-electron chi connectivity index (χ1n) is 2.51. The maximum absolute atomic E-state index is 5.28. The molecular weight excluding hydrogens is 72.9 g/mol. The molecule has 0 unspecified atom stereocenters. The Bertz CT molecular complexity index is 26.7. The first-order chi connectivity index (χ1) is 2.81. The van der Waals surface area contributed by atoms with Crippen LogP contribution in [0.15, 0.2) is 0 Å². The van der Waals surface area contributed by atoms with Gasteiger partial charge < -0.3 is 5.73 Å². The van der Waals surface area contributed by atoms with Crippen LogP contribution in [0.3, 0.4) is 0 Å². The highest BCUT2D eigenvalue weighted by Gasteiger charge is 1.95. The molecule has 0 aromatic heterocycles. The summed E-state index contributed by atoms with van der Waals surface area (Å²) in [7, 11) is 0. The average molecular weight is 85.0 g/mol. The highest BCUT2D eigenvalue weighted by atomic mass is 14.5. The molecule has 0 rings (SSSR count). The standard InChI is InChI=1S/C4H12BN/c1-3-5(2)4-6/h3-4,6H2,1-2H3. The Morgan fingerprint density at radius 3 is 2.17 bits per heavy atom. The fraction of sp³-hybridized carbons (Fsp3) is 1.00. The molecule has 0 heterocycles. The third kappa shape index (κ3) is 2.27. The van der Waals surface area contributed by atoms with Crippen LogP contribution < -0.4 is 5.73 Å². The molecule has 0 amide bonds. The maximum Gasteiger partial charge on any atom is 0.152 e. The second-order valence-corrected chi connectivity index (χ2v) is 1.75. The molecule has 1 nitrogen and oxygen atoms in total. The zero-order chi connectivity index (χ0) is 4.99. The molecule has 0 saturated carbocycles. The molecule has 2 N–H and O–H groups in total. The van der Waals surface area contributed by atoms with Gasteiger partial charge in [0.25, 0.3) is 0 Å². The molecule has 0 aliphatic carbocycles. The first kappa shape index (κ1) is 6.02. The fourth-order valence-corrected chi connectivity index (χ4v) is 0.167. The summed E-state index contributed by atoms with van der Waals surface area (Å²) in [6.07, 6.45) is 2.03. The van der Waals surface area contributed by atoms with E-state index in [9.17, 15) is 0 Å². The van der Waals surface area contributed by atoms with Crippen LogP contribution in [0.2, 0.25) is 13.1 Å². The van der Waals surface area contributed by atoms with E-state index in [0.29, 0.717) is 6.71 Å². The van der Waals surface area contributed by atoms with Gasteiger partial charge in [-0.2, -0.15) is 0 Å². The van der Waals surface area contributed by atoms with Crippen molar-refractivity contribution in [2.75, 3.05) is 6.44 Å². The molecular formula is C4H12BN.